The van der Waals surface area contributed by atoms with Crippen LogP contribution >= 0.6 is 0 Å². The van der Waals surface area contributed by atoms with Gasteiger partial charge in [0.2, 0.25) is 0 Å². The van der Waals surface area contributed by atoms with Crippen LogP contribution in [0.15, 0.2) is 74.0 Å². The van der Waals surface area contributed by atoms with Crippen molar-refractivity contribution < 1.29 is 23.5 Å². The van der Waals surface area contributed by atoms with Crippen molar-refractivity contribution in [3.8, 4) is 11.3 Å². The van der Waals surface area contributed by atoms with Crippen molar-refractivity contribution in [1.82, 2.24) is 4.90 Å². The third kappa shape index (κ3) is 5.04. The fourth-order valence-electron chi connectivity index (χ4n) is 4.91. The van der Waals surface area contributed by atoms with Gasteiger partial charge in [-0.15, -0.1) is 0 Å². The Morgan fingerprint density at radius 1 is 1.03 bits per heavy atom. The zero-order valence-corrected chi connectivity index (χ0v) is 22.5. The Bertz CT molecular complexity index is 1500. The molecule has 0 bridgehead atoms. The molecule has 8 heteroatoms. The highest BCUT2D eigenvalue weighted by molar-refractivity contribution is 6.07. The highest BCUT2D eigenvalue weighted by atomic mass is 16.5. The molecule has 0 fully saturated rings. The molecule has 1 aliphatic heterocycles. The molecule has 0 spiro atoms. The van der Waals surface area contributed by atoms with Crippen LogP contribution in [-0.2, 0) is 19.1 Å². The molecule has 2 atom stereocenters. The molecule has 2 heterocycles. The summed E-state index contributed by atoms with van der Waals surface area (Å²) in [6.07, 6.45) is 0. The second kappa shape index (κ2) is 11.1. The van der Waals surface area contributed by atoms with E-state index in [4.69, 9.17) is 13.9 Å². The average molecular weight is 517 g/mol. The van der Waals surface area contributed by atoms with E-state index < -0.39 is 23.8 Å². The first kappa shape index (κ1) is 27.0. The maximum Gasteiger partial charge on any atom is 0.336 e. The lowest BCUT2D eigenvalue weighted by Gasteiger charge is -2.31. The number of hydrogen-bond donors (Lipinski definition) is 0. The van der Waals surface area contributed by atoms with Gasteiger partial charge in [-0.2, -0.15) is 0 Å². The van der Waals surface area contributed by atoms with Gasteiger partial charge in [-0.05, 0) is 40.9 Å². The van der Waals surface area contributed by atoms with Gasteiger partial charge in [-0.25, -0.2) is 4.79 Å². The first-order chi connectivity index (χ1) is 18.1. The third-order valence-electron chi connectivity index (χ3n) is 6.82. The number of esters is 2. The zero-order chi connectivity index (χ0) is 27.6. The summed E-state index contributed by atoms with van der Waals surface area (Å²) in [5.74, 6) is -2.42. The molecule has 198 valence electrons. The number of hydrogen-bond acceptors (Lipinski definition) is 8. The molecule has 2 unspecified atom stereocenters. The summed E-state index contributed by atoms with van der Waals surface area (Å²) in [5, 5.41) is 0.362. The molecule has 2 aromatic carbocycles. The summed E-state index contributed by atoms with van der Waals surface area (Å²) < 4.78 is 17.2. The second-order valence-electron chi connectivity index (χ2n) is 9.65. The van der Waals surface area contributed by atoms with E-state index in [1.165, 1.54) is 7.11 Å². The van der Waals surface area contributed by atoms with Crippen LogP contribution in [0.3, 0.4) is 0 Å². The van der Waals surface area contributed by atoms with Crippen LogP contribution in [0.1, 0.15) is 30.9 Å². The first-order valence-corrected chi connectivity index (χ1v) is 12.4. The van der Waals surface area contributed by atoms with Crippen LogP contribution in [0.2, 0.25) is 0 Å². The number of ether oxygens (including phenoxy) is 2. The molecular weight excluding hydrogens is 484 g/mol. The fourth-order valence-corrected chi connectivity index (χ4v) is 4.91. The lowest BCUT2D eigenvalue weighted by molar-refractivity contribution is -0.144. The molecule has 0 aliphatic carbocycles. The molecule has 3 aromatic rings. The van der Waals surface area contributed by atoms with Crippen molar-refractivity contribution in [1.29, 1.82) is 0 Å². The Balaban J connectivity index is 1.97. The van der Waals surface area contributed by atoms with Crippen molar-refractivity contribution >= 4 is 28.6 Å². The largest absolute Gasteiger partial charge is 0.468 e. The van der Waals surface area contributed by atoms with Gasteiger partial charge in [0.05, 0.1) is 18.1 Å². The van der Waals surface area contributed by atoms with Crippen LogP contribution in [0, 0.1) is 12.8 Å². The minimum Gasteiger partial charge on any atom is -0.468 e. The summed E-state index contributed by atoms with van der Waals surface area (Å²) in [4.78, 5) is 46.5. The number of likely N-dealkylation sites (N-methyl/N-ethyl adjacent to an activating group) is 1. The Labute approximate surface area is 221 Å². The number of nitrogens with zero attached hydrogens (tertiary/aromatic N) is 2. The molecule has 8 nitrogen and oxygen atoms in total. The minimum atomic E-state index is -0.905. The number of benzene rings is 2. The Morgan fingerprint density at radius 3 is 2.39 bits per heavy atom. The lowest BCUT2D eigenvalue weighted by Crippen LogP contribution is -2.36. The molecule has 0 amide bonds. The van der Waals surface area contributed by atoms with E-state index in [-0.39, 0.29) is 17.6 Å². The first-order valence-electron chi connectivity index (χ1n) is 12.4. The molecule has 38 heavy (non-hydrogen) atoms. The standard InChI is InChI=1S/C30H32N2O6/c1-17-26(33)22-14-10-13-21(28(22)38-27(17)20-11-8-7-9-12-20)25-23(29(34)36-6)18(2)31-19(3)24(25)30(35)37-16-15-32(4)5/h7-14,23,25H,15-16H2,1-6H3. The smallest absolute Gasteiger partial charge is 0.336 e. The highest BCUT2D eigenvalue weighted by Crippen LogP contribution is 2.43. The summed E-state index contributed by atoms with van der Waals surface area (Å²) >= 11 is 0. The Kier molecular flexibility index (Phi) is 7.92. The summed E-state index contributed by atoms with van der Waals surface area (Å²) in [6.45, 7) is 5.88. The van der Waals surface area contributed by atoms with Gasteiger partial charge < -0.3 is 18.8 Å². The van der Waals surface area contributed by atoms with E-state index in [9.17, 15) is 14.4 Å². The van der Waals surface area contributed by atoms with Crippen molar-refractivity contribution in [2.24, 2.45) is 10.9 Å². The van der Waals surface area contributed by atoms with E-state index in [2.05, 4.69) is 4.99 Å². The topological polar surface area (TPSA) is 98.4 Å². The number of methoxy groups -OCH3 is 1. The van der Waals surface area contributed by atoms with E-state index >= 15 is 0 Å². The van der Waals surface area contributed by atoms with E-state index in [1.807, 2.05) is 49.3 Å². The van der Waals surface area contributed by atoms with Gasteiger partial charge in [0.25, 0.3) is 0 Å². The number of para-hydroxylation sites is 1. The molecular formula is C30H32N2O6. The van der Waals surface area contributed by atoms with Crippen molar-refractivity contribution in [3.63, 3.8) is 0 Å². The van der Waals surface area contributed by atoms with Gasteiger partial charge >= 0.3 is 11.9 Å². The van der Waals surface area contributed by atoms with Crippen LogP contribution < -0.4 is 5.43 Å². The minimum absolute atomic E-state index is 0.170. The number of rotatable bonds is 7. The SMILES string of the molecule is COC(=O)C1C(C)=NC(C)=C(C(=O)OCCN(C)C)C1c1cccc2c(=O)c(C)c(-c3ccccc3)oc12. The van der Waals surface area contributed by atoms with E-state index in [0.717, 1.165) is 5.56 Å². The average Bonchev–Trinajstić information content (AvgIpc) is 2.89. The zero-order valence-electron chi connectivity index (χ0n) is 22.5. The number of carbonyl (C=O) groups is 2. The number of fused-ring (bicyclic) bond motifs is 1. The molecule has 1 aliphatic rings. The molecule has 4 rings (SSSR count). The normalized spacial score (nSPS) is 17.5. The molecule has 0 saturated heterocycles. The van der Waals surface area contributed by atoms with Gasteiger partial charge in [0, 0.05) is 40.6 Å². The van der Waals surface area contributed by atoms with Gasteiger partial charge in [0.15, 0.2) is 5.43 Å². The highest BCUT2D eigenvalue weighted by Gasteiger charge is 2.43. The monoisotopic (exact) mass is 516 g/mol. The van der Waals surface area contributed by atoms with Gasteiger partial charge in [-0.1, -0.05) is 42.5 Å². The summed E-state index contributed by atoms with van der Waals surface area (Å²) in [7, 11) is 5.06. The molecule has 0 radical (unpaired) electrons. The third-order valence-corrected chi connectivity index (χ3v) is 6.82. The second-order valence-corrected chi connectivity index (χ2v) is 9.65. The number of aliphatic imine (C=N–C) groups is 1. The fraction of sp³-hybridized carbons (Fsp3) is 0.333. The quantitative estimate of drug-likeness (QED) is 0.427. The maximum absolute atomic E-state index is 13.5. The number of carbonyl (C=O) groups excluding carboxylic acids is 2. The predicted octanol–water partition coefficient (Wildman–Crippen LogP) is 4.49. The van der Waals surface area contributed by atoms with Crippen molar-refractivity contribution in [3.05, 3.63) is 81.2 Å². The maximum atomic E-state index is 13.5. The van der Waals surface area contributed by atoms with Crippen LogP contribution in [0.25, 0.3) is 22.3 Å². The van der Waals surface area contributed by atoms with Crippen molar-refractivity contribution in [2.75, 3.05) is 34.4 Å². The predicted molar refractivity (Wildman–Crippen MR) is 146 cm³/mol. The van der Waals surface area contributed by atoms with Crippen molar-refractivity contribution in [2.45, 2.75) is 26.7 Å². The molecule has 0 N–H and O–H groups in total. The van der Waals surface area contributed by atoms with Crippen LogP contribution in [-0.4, -0.2) is 56.9 Å². The Hall–Kier alpha value is -4.04. The number of allylic oxidation sites excluding steroid dienone is 1. The van der Waals surface area contributed by atoms with Crippen LogP contribution in [0.4, 0.5) is 0 Å². The van der Waals surface area contributed by atoms with Crippen LogP contribution in [0.5, 0.6) is 0 Å². The van der Waals surface area contributed by atoms with E-state index in [1.54, 1.807) is 39.0 Å². The van der Waals surface area contributed by atoms with E-state index in [0.29, 0.717) is 45.8 Å². The summed E-state index contributed by atoms with van der Waals surface area (Å²) in [5.41, 5.74) is 3.04. The summed E-state index contributed by atoms with van der Waals surface area (Å²) in [6, 6.07) is 14.5. The Morgan fingerprint density at radius 2 is 1.74 bits per heavy atom. The molecule has 0 saturated carbocycles. The van der Waals surface area contributed by atoms with Gasteiger partial charge in [-0.3, -0.25) is 14.6 Å². The lowest BCUT2D eigenvalue weighted by atomic mass is 9.75. The van der Waals surface area contributed by atoms with Gasteiger partial charge in [0.1, 0.15) is 23.9 Å². The molecule has 1 aromatic heterocycles.